The Bertz CT molecular complexity index is 698. The summed E-state index contributed by atoms with van der Waals surface area (Å²) in [7, 11) is 0. The third kappa shape index (κ3) is 6.12. The second kappa shape index (κ2) is 9.51. The van der Waals surface area contributed by atoms with E-state index in [2.05, 4.69) is 42.4 Å². The summed E-state index contributed by atoms with van der Waals surface area (Å²) in [5, 5.41) is 12.4. The van der Waals surface area contributed by atoms with Gasteiger partial charge in [-0.05, 0) is 36.5 Å². The van der Waals surface area contributed by atoms with Gasteiger partial charge in [-0.3, -0.25) is 10.1 Å². The first-order chi connectivity index (χ1) is 12.0. The predicted octanol–water partition coefficient (Wildman–Crippen LogP) is 4.72. The van der Waals surface area contributed by atoms with E-state index in [1.54, 1.807) is 0 Å². The van der Waals surface area contributed by atoms with E-state index in [0.29, 0.717) is 11.0 Å². The first-order valence-corrected chi connectivity index (χ1v) is 9.66. The van der Waals surface area contributed by atoms with Gasteiger partial charge in [0, 0.05) is 6.42 Å². The second-order valence-corrected chi connectivity index (χ2v) is 7.54. The van der Waals surface area contributed by atoms with E-state index >= 15 is 0 Å². The maximum atomic E-state index is 12.1. The lowest BCUT2D eigenvalue weighted by Crippen LogP contribution is -2.20. The molecule has 136 valence electrons. The Kier molecular flexibility index (Phi) is 7.37. The molecule has 0 unspecified atom stereocenters. The number of benzene rings is 1. The van der Waals surface area contributed by atoms with Crippen molar-refractivity contribution in [1.29, 1.82) is 0 Å². The molecule has 1 amide bonds. The van der Waals surface area contributed by atoms with Gasteiger partial charge in [-0.15, -0.1) is 10.2 Å². The van der Waals surface area contributed by atoms with Crippen LogP contribution in [0.15, 0.2) is 18.2 Å². The third-order valence-corrected chi connectivity index (χ3v) is 4.84. The lowest BCUT2D eigenvalue weighted by molar-refractivity contribution is -0.118. The van der Waals surface area contributed by atoms with Crippen LogP contribution < -0.4 is 10.1 Å². The van der Waals surface area contributed by atoms with Crippen molar-refractivity contribution < 1.29 is 9.53 Å². The van der Waals surface area contributed by atoms with Crippen molar-refractivity contribution in [2.45, 2.75) is 59.3 Å². The summed E-state index contributed by atoms with van der Waals surface area (Å²) in [5.74, 6) is 0.953. The first kappa shape index (κ1) is 19.4. The zero-order valence-corrected chi connectivity index (χ0v) is 16.3. The van der Waals surface area contributed by atoms with E-state index in [1.165, 1.54) is 29.7 Å². The summed E-state index contributed by atoms with van der Waals surface area (Å²) in [4.78, 5) is 12.1. The Balaban J connectivity index is 1.86. The van der Waals surface area contributed by atoms with Crippen LogP contribution in [0.2, 0.25) is 0 Å². The summed E-state index contributed by atoms with van der Waals surface area (Å²) in [6.07, 6.45) is 4.38. The molecule has 0 saturated carbocycles. The van der Waals surface area contributed by atoms with Crippen LogP contribution in [0.4, 0.5) is 5.13 Å². The second-order valence-electron chi connectivity index (χ2n) is 6.47. The van der Waals surface area contributed by atoms with E-state index in [4.69, 9.17) is 4.74 Å². The number of amides is 1. The van der Waals surface area contributed by atoms with Crippen molar-refractivity contribution in [1.82, 2.24) is 10.2 Å². The molecule has 0 radical (unpaired) electrons. The quantitative estimate of drug-likeness (QED) is 0.656. The fraction of sp³-hybridized carbons (Fsp3) is 0.526. The van der Waals surface area contributed by atoms with E-state index in [1.807, 2.05) is 19.1 Å². The lowest BCUT2D eigenvalue weighted by Gasteiger charge is -2.12. The minimum atomic E-state index is -0.217. The molecule has 25 heavy (non-hydrogen) atoms. The average molecular weight is 362 g/mol. The standard InChI is InChI=1S/C19H27N3O2S/c1-5-6-7-8-18-21-22-19(25-18)20-17(23)12-24-16-11-15(13(2)3)10-9-14(16)4/h9-11,13H,5-8,12H2,1-4H3,(H,20,22,23). The highest BCUT2D eigenvalue weighted by atomic mass is 32.1. The fourth-order valence-electron chi connectivity index (χ4n) is 2.36. The molecule has 6 heteroatoms. The maximum absolute atomic E-state index is 12.1. The topological polar surface area (TPSA) is 64.1 Å². The molecule has 2 rings (SSSR count). The number of hydrogen-bond donors (Lipinski definition) is 1. The van der Waals surface area contributed by atoms with Gasteiger partial charge in [0.2, 0.25) is 5.13 Å². The molecule has 0 bridgehead atoms. The number of hydrogen-bond acceptors (Lipinski definition) is 5. The SMILES string of the molecule is CCCCCc1nnc(NC(=O)COc2cc(C(C)C)ccc2C)s1. The van der Waals surface area contributed by atoms with Crippen molar-refractivity contribution >= 4 is 22.4 Å². The molecular weight excluding hydrogens is 334 g/mol. The van der Waals surface area contributed by atoms with Gasteiger partial charge in [-0.25, -0.2) is 0 Å². The van der Waals surface area contributed by atoms with Gasteiger partial charge in [0.15, 0.2) is 6.61 Å². The number of carbonyl (C=O) groups excluding carboxylic acids is 1. The van der Waals surface area contributed by atoms with Crippen molar-refractivity contribution in [3.8, 4) is 5.75 Å². The summed E-state index contributed by atoms with van der Waals surface area (Å²) in [6.45, 7) is 8.38. The van der Waals surface area contributed by atoms with Crippen LogP contribution in [0, 0.1) is 6.92 Å². The summed E-state index contributed by atoms with van der Waals surface area (Å²) >= 11 is 1.43. The van der Waals surface area contributed by atoms with Crippen LogP contribution in [0.5, 0.6) is 5.75 Å². The van der Waals surface area contributed by atoms with Gasteiger partial charge < -0.3 is 4.74 Å². The zero-order valence-electron chi connectivity index (χ0n) is 15.5. The Morgan fingerprint density at radius 2 is 2.08 bits per heavy atom. The van der Waals surface area contributed by atoms with Crippen molar-refractivity contribution in [3.05, 3.63) is 34.3 Å². The van der Waals surface area contributed by atoms with Crippen LogP contribution in [0.3, 0.4) is 0 Å². The van der Waals surface area contributed by atoms with Gasteiger partial charge in [-0.2, -0.15) is 0 Å². The smallest absolute Gasteiger partial charge is 0.264 e. The average Bonchev–Trinajstić information content (AvgIpc) is 3.01. The number of ether oxygens (including phenoxy) is 1. The molecule has 0 aliphatic carbocycles. The molecule has 0 saturated heterocycles. The Labute approximate surface area is 153 Å². The molecule has 1 N–H and O–H groups in total. The van der Waals surface area contributed by atoms with Crippen LogP contribution >= 0.6 is 11.3 Å². The Morgan fingerprint density at radius 1 is 1.28 bits per heavy atom. The number of aromatic nitrogens is 2. The highest BCUT2D eigenvalue weighted by Crippen LogP contribution is 2.24. The van der Waals surface area contributed by atoms with Crippen molar-refractivity contribution in [2.24, 2.45) is 0 Å². The highest BCUT2D eigenvalue weighted by Gasteiger charge is 2.10. The molecule has 0 aliphatic rings. The number of carbonyl (C=O) groups is 1. The predicted molar refractivity (Wildman–Crippen MR) is 103 cm³/mol. The van der Waals surface area contributed by atoms with Crippen LogP contribution in [0.25, 0.3) is 0 Å². The van der Waals surface area contributed by atoms with E-state index in [0.717, 1.165) is 29.2 Å². The molecule has 5 nitrogen and oxygen atoms in total. The number of anilines is 1. The zero-order chi connectivity index (χ0) is 18.2. The number of unbranched alkanes of at least 4 members (excludes halogenated alkanes) is 2. The van der Waals surface area contributed by atoms with Crippen LogP contribution in [-0.2, 0) is 11.2 Å². The summed E-state index contributed by atoms with van der Waals surface area (Å²) in [6, 6.07) is 6.12. The Morgan fingerprint density at radius 3 is 2.80 bits per heavy atom. The van der Waals surface area contributed by atoms with Gasteiger partial charge in [0.05, 0.1) is 0 Å². The molecule has 1 heterocycles. The number of nitrogens with zero attached hydrogens (tertiary/aromatic N) is 2. The maximum Gasteiger partial charge on any atom is 0.264 e. The van der Waals surface area contributed by atoms with E-state index < -0.39 is 0 Å². The van der Waals surface area contributed by atoms with E-state index in [9.17, 15) is 4.79 Å². The van der Waals surface area contributed by atoms with Crippen molar-refractivity contribution in [2.75, 3.05) is 11.9 Å². The normalized spacial score (nSPS) is 10.9. The molecule has 0 fully saturated rings. The molecule has 0 atom stereocenters. The minimum absolute atomic E-state index is 0.0346. The number of rotatable bonds is 9. The highest BCUT2D eigenvalue weighted by molar-refractivity contribution is 7.15. The van der Waals surface area contributed by atoms with Gasteiger partial charge in [-0.1, -0.05) is 57.1 Å². The minimum Gasteiger partial charge on any atom is -0.483 e. The van der Waals surface area contributed by atoms with Gasteiger partial charge in [0.1, 0.15) is 10.8 Å². The van der Waals surface area contributed by atoms with E-state index in [-0.39, 0.29) is 12.5 Å². The van der Waals surface area contributed by atoms with Crippen LogP contribution in [0.1, 0.15) is 62.1 Å². The molecule has 0 spiro atoms. The van der Waals surface area contributed by atoms with Gasteiger partial charge in [0.25, 0.3) is 5.91 Å². The Hall–Kier alpha value is -1.95. The molecule has 2 aromatic rings. The monoisotopic (exact) mass is 361 g/mol. The molecule has 0 aliphatic heterocycles. The largest absolute Gasteiger partial charge is 0.483 e. The molecular formula is C19H27N3O2S. The first-order valence-electron chi connectivity index (χ1n) is 8.85. The van der Waals surface area contributed by atoms with Crippen LogP contribution in [-0.4, -0.2) is 22.7 Å². The third-order valence-electron chi connectivity index (χ3n) is 3.95. The lowest BCUT2D eigenvalue weighted by atomic mass is 10.0. The fourth-order valence-corrected chi connectivity index (χ4v) is 3.16. The van der Waals surface area contributed by atoms with Gasteiger partial charge >= 0.3 is 0 Å². The molecule has 1 aromatic carbocycles. The number of aryl methyl sites for hydroxylation is 2. The summed E-state index contributed by atoms with van der Waals surface area (Å²) < 4.78 is 5.69. The number of nitrogens with one attached hydrogen (secondary N) is 1. The summed E-state index contributed by atoms with van der Waals surface area (Å²) in [5.41, 5.74) is 2.22. The van der Waals surface area contributed by atoms with Crippen molar-refractivity contribution in [3.63, 3.8) is 0 Å². The molecule has 1 aromatic heterocycles.